The number of nitrogens with two attached hydrogens (primary N) is 1. The lowest BCUT2D eigenvalue weighted by atomic mass is 9.51. The molecule has 1 atom stereocenters. The number of rotatable bonds is 4. The predicted molar refractivity (Wildman–Crippen MR) is 75.6 cm³/mol. The first-order valence-corrected chi connectivity index (χ1v) is 8.21. The number of hydrogen-bond donors (Lipinski definition) is 1. The van der Waals surface area contributed by atoms with Crippen molar-refractivity contribution in [2.24, 2.45) is 35.3 Å². The summed E-state index contributed by atoms with van der Waals surface area (Å²) in [5.74, 6) is 5.78. The van der Waals surface area contributed by atoms with Gasteiger partial charge < -0.3 is 5.73 Å². The molecular weight excluding hydrogens is 250 g/mol. The Morgan fingerprint density at radius 2 is 1.80 bits per heavy atom. The molecule has 1 unspecified atom stereocenters. The van der Waals surface area contributed by atoms with Crippen LogP contribution in [0.15, 0.2) is 0 Å². The molecule has 0 aromatic carbocycles. The fraction of sp³-hybridized carbons (Fsp3) is 0.933. The molecule has 20 heavy (non-hydrogen) atoms. The zero-order valence-electron chi connectivity index (χ0n) is 12.3. The van der Waals surface area contributed by atoms with Crippen LogP contribution in [0.5, 0.6) is 0 Å². The van der Waals surface area contributed by atoms with Gasteiger partial charge >= 0.3 is 0 Å². The molecule has 4 bridgehead atoms. The van der Waals surface area contributed by atoms with Crippen molar-refractivity contribution in [1.29, 1.82) is 0 Å². The van der Waals surface area contributed by atoms with Crippen molar-refractivity contribution in [3.05, 3.63) is 5.82 Å². The third-order valence-electron chi connectivity index (χ3n) is 6.20. The first-order valence-electron chi connectivity index (χ1n) is 8.21. The lowest BCUT2D eigenvalue weighted by Gasteiger charge is -2.55. The highest BCUT2D eigenvalue weighted by molar-refractivity contribution is 4.98. The van der Waals surface area contributed by atoms with Gasteiger partial charge in [0, 0.05) is 0 Å². The topological polar surface area (TPSA) is 69.6 Å². The van der Waals surface area contributed by atoms with Crippen molar-refractivity contribution in [1.82, 2.24) is 20.2 Å². The van der Waals surface area contributed by atoms with Gasteiger partial charge in [0.05, 0.1) is 12.6 Å². The maximum absolute atomic E-state index is 5.72. The molecule has 0 spiro atoms. The van der Waals surface area contributed by atoms with Gasteiger partial charge in [-0.05, 0) is 85.5 Å². The molecule has 1 aromatic heterocycles. The van der Waals surface area contributed by atoms with Crippen LogP contribution in [0.2, 0.25) is 0 Å². The lowest BCUT2D eigenvalue weighted by Crippen LogP contribution is -2.45. The van der Waals surface area contributed by atoms with Crippen molar-refractivity contribution >= 4 is 0 Å². The number of tetrazole rings is 1. The van der Waals surface area contributed by atoms with Gasteiger partial charge in [-0.3, -0.25) is 0 Å². The summed E-state index contributed by atoms with van der Waals surface area (Å²) in [6, 6.07) is 0.381. The molecule has 4 aliphatic carbocycles. The molecule has 0 aliphatic heterocycles. The van der Waals surface area contributed by atoms with Gasteiger partial charge in [0.2, 0.25) is 0 Å². The molecule has 4 fully saturated rings. The van der Waals surface area contributed by atoms with E-state index in [0.29, 0.717) is 12.6 Å². The van der Waals surface area contributed by atoms with E-state index in [0.717, 1.165) is 35.4 Å². The molecule has 4 aliphatic rings. The Bertz CT molecular complexity index is 454. The summed E-state index contributed by atoms with van der Waals surface area (Å²) in [6.45, 7) is 2.68. The normalized spacial score (nSPS) is 40.2. The van der Waals surface area contributed by atoms with Crippen LogP contribution in [0.1, 0.15) is 57.3 Å². The van der Waals surface area contributed by atoms with E-state index in [1.54, 1.807) is 0 Å². The highest BCUT2D eigenvalue weighted by Crippen LogP contribution is 2.58. The third-order valence-corrected chi connectivity index (χ3v) is 6.20. The molecule has 5 nitrogen and oxygen atoms in total. The minimum atomic E-state index is 0.381. The summed E-state index contributed by atoms with van der Waals surface area (Å²) in [5.41, 5.74) is 5.72. The second-order valence-corrected chi connectivity index (χ2v) is 7.42. The van der Waals surface area contributed by atoms with Crippen LogP contribution in [0, 0.1) is 29.6 Å². The molecule has 1 aromatic rings. The largest absolute Gasteiger partial charge is 0.324 e. The molecule has 0 amide bonds. The van der Waals surface area contributed by atoms with Gasteiger partial charge in [0.15, 0.2) is 5.82 Å². The summed E-state index contributed by atoms with van der Waals surface area (Å²) in [5, 5.41) is 11.9. The van der Waals surface area contributed by atoms with E-state index < -0.39 is 0 Å². The highest BCUT2D eigenvalue weighted by atomic mass is 15.5. The van der Waals surface area contributed by atoms with Crippen molar-refractivity contribution < 1.29 is 0 Å². The average molecular weight is 275 g/mol. The van der Waals surface area contributed by atoms with Crippen molar-refractivity contribution in [2.45, 2.75) is 58.0 Å². The van der Waals surface area contributed by atoms with Crippen LogP contribution >= 0.6 is 0 Å². The van der Waals surface area contributed by atoms with Gasteiger partial charge in [0.1, 0.15) is 0 Å². The smallest absolute Gasteiger partial charge is 0.165 e. The summed E-state index contributed by atoms with van der Waals surface area (Å²) >= 11 is 0. The van der Waals surface area contributed by atoms with Gasteiger partial charge in [-0.15, -0.1) is 5.10 Å². The van der Waals surface area contributed by atoms with E-state index >= 15 is 0 Å². The Morgan fingerprint density at radius 1 is 1.15 bits per heavy atom. The van der Waals surface area contributed by atoms with E-state index in [1.807, 2.05) is 4.68 Å². The van der Waals surface area contributed by atoms with Crippen LogP contribution in [-0.2, 0) is 6.54 Å². The summed E-state index contributed by atoms with van der Waals surface area (Å²) < 4.78 is 1.95. The van der Waals surface area contributed by atoms with E-state index in [1.165, 1.54) is 38.5 Å². The first kappa shape index (κ1) is 12.7. The van der Waals surface area contributed by atoms with Crippen LogP contribution in [0.25, 0.3) is 0 Å². The zero-order valence-corrected chi connectivity index (χ0v) is 12.3. The molecule has 110 valence electrons. The Hall–Kier alpha value is -0.970. The molecule has 0 radical (unpaired) electrons. The summed E-state index contributed by atoms with van der Waals surface area (Å²) in [7, 11) is 0. The number of nitrogens with zero attached hydrogens (tertiary/aromatic N) is 4. The second kappa shape index (κ2) is 4.79. The Balaban J connectivity index is 1.49. The fourth-order valence-electron chi connectivity index (χ4n) is 5.61. The molecule has 5 heteroatoms. The van der Waals surface area contributed by atoms with Gasteiger partial charge in [-0.2, -0.15) is 0 Å². The Kier molecular flexibility index (Phi) is 3.05. The molecule has 2 N–H and O–H groups in total. The maximum atomic E-state index is 5.72. The van der Waals surface area contributed by atoms with Crippen LogP contribution in [-0.4, -0.2) is 20.2 Å². The summed E-state index contributed by atoms with van der Waals surface area (Å²) in [4.78, 5) is 0. The molecule has 4 saturated carbocycles. The molecular formula is C15H25N5. The van der Waals surface area contributed by atoms with Crippen LogP contribution in [0.3, 0.4) is 0 Å². The SMILES string of the molecule is CC(CC1C2CC3CC(C2)CC1C3)n1nnnc1CN. The van der Waals surface area contributed by atoms with Gasteiger partial charge in [-0.1, -0.05) is 0 Å². The van der Waals surface area contributed by atoms with Crippen molar-refractivity contribution in [3.8, 4) is 0 Å². The van der Waals surface area contributed by atoms with Crippen molar-refractivity contribution in [3.63, 3.8) is 0 Å². The fourth-order valence-corrected chi connectivity index (χ4v) is 5.61. The maximum Gasteiger partial charge on any atom is 0.165 e. The van der Waals surface area contributed by atoms with Crippen LogP contribution < -0.4 is 5.73 Å². The van der Waals surface area contributed by atoms with Gasteiger partial charge in [-0.25, -0.2) is 4.68 Å². The predicted octanol–water partition coefficient (Wildman–Crippen LogP) is 2.16. The van der Waals surface area contributed by atoms with E-state index in [-0.39, 0.29) is 0 Å². The highest BCUT2D eigenvalue weighted by Gasteiger charge is 2.48. The van der Waals surface area contributed by atoms with Gasteiger partial charge in [0.25, 0.3) is 0 Å². The Labute approximate surface area is 120 Å². The van der Waals surface area contributed by atoms with Crippen molar-refractivity contribution in [2.75, 3.05) is 0 Å². The molecule has 5 rings (SSSR count). The minimum absolute atomic E-state index is 0.381. The third kappa shape index (κ3) is 1.98. The number of hydrogen-bond acceptors (Lipinski definition) is 4. The lowest BCUT2D eigenvalue weighted by molar-refractivity contribution is -0.0447. The standard InChI is InChI=1S/C15H25N5/c1-9(20-15(8-16)17-18-19-20)2-14-12-4-10-3-11(6-12)7-13(14)5-10/h9-14H,2-8,16H2,1H3. The number of aromatic nitrogens is 4. The average Bonchev–Trinajstić information content (AvgIpc) is 2.90. The molecule has 1 heterocycles. The Morgan fingerprint density at radius 3 is 2.40 bits per heavy atom. The van der Waals surface area contributed by atoms with E-state index in [9.17, 15) is 0 Å². The summed E-state index contributed by atoms with van der Waals surface area (Å²) in [6.07, 6.45) is 8.72. The minimum Gasteiger partial charge on any atom is -0.324 e. The quantitative estimate of drug-likeness (QED) is 0.914. The zero-order chi connectivity index (χ0) is 13.7. The van der Waals surface area contributed by atoms with Crippen LogP contribution in [0.4, 0.5) is 0 Å². The van der Waals surface area contributed by atoms with E-state index in [2.05, 4.69) is 22.4 Å². The van der Waals surface area contributed by atoms with E-state index in [4.69, 9.17) is 5.73 Å². The first-order chi connectivity index (χ1) is 9.74. The molecule has 0 saturated heterocycles. The second-order valence-electron chi connectivity index (χ2n) is 7.42. The monoisotopic (exact) mass is 275 g/mol.